The minimum absolute atomic E-state index is 0.298. The quantitative estimate of drug-likeness (QED) is 0.641. The van der Waals surface area contributed by atoms with Gasteiger partial charge < -0.3 is 15.3 Å². The Morgan fingerprint density at radius 1 is 1.36 bits per heavy atom. The van der Waals surface area contributed by atoms with Crippen LogP contribution >= 0.6 is 0 Å². The predicted octanol–water partition coefficient (Wildman–Crippen LogP) is 0.690. The topological polar surface area (TPSA) is 35.5 Å². The molecule has 1 rings (SSSR count). The van der Waals surface area contributed by atoms with Gasteiger partial charge in [0.1, 0.15) is 0 Å². The van der Waals surface area contributed by atoms with Crippen LogP contribution in [0.4, 0.5) is 0 Å². The third-order valence-corrected chi connectivity index (χ3v) is 3.26. The SMILES string of the molecule is CN1CCC(C)(CNCCCO)CC1. The highest BCUT2D eigenvalue weighted by atomic mass is 16.3. The second kappa shape index (κ2) is 5.69. The van der Waals surface area contributed by atoms with E-state index >= 15 is 0 Å². The lowest BCUT2D eigenvalue weighted by Crippen LogP contribution is -2.42. The van der Waals surface area contributed by atoms with E-state index in [1.165, 1.54) is 25.9 Å². The smallest absolute Gasteiger partial charge is 0.0443 e. The molecular weight excluding hydrogens is 176 g/mol. The molecule has 84 valence electrons. The molecule has 0 aromatic rings. The van der Waals surface area contributed by atoms with E-state index in [4.69, 9.17) is 5.11 Å². The van der Waals surface area contributed by atoms with Crippen LogP contribution in [0, 0.1) is 5.41 Å². The molecule has 0 saturated carbocycles. The fourth-order valence-electron chi connectivity index (χ4n) is 1.93. The Balaban J connectivity index is 2.15. The molecule has 1 heterocycles. The number of piperidine rings is 1. The van der Waals surface area contributed by atoms with E-state index in [2.05, 4.69) is 24.2 Å². The summed E-state index contributed by atoms with van der Waals surface area (Å²) in [6.45, 7) is 7.15. The lowest BCUT2D eigenvalue weighted by molar-refractivity contribution is 0.136. The number of hydrogen-bond acceptors (Lipinski definition) is 3. The van der Waals surface area contributed by atoms with Crippen molar-refractivity contribution < 1.29 is 5.11 Å². The highest BCUT2D eigenvalue weighted by Crippen LogP contribution is 2.29. The molecule has 1 saturated heterocycles. The monoisotopic (exact) mass is 200 g/mol. The number of likely N-dealkylation sites (tertiary alicyclic amines) is 1. The zero-order valence-corrected chi connectivity index (χ0v) is 9.55. The maximum absolute atomic E-state index is 8.66. The van der Waals surface area contributed by atoms with Gasteiger partial charge in [0.2, 0.25) is 0 Å². The Bertz CT molecular complexity index is 153. The van der Waals surface area contributed by atoms with Crippen molar-refractivity contribution in [3.05, 3.63) is 0 Å². The van der Waals surface area contributed by atoms with Gasteiger partial charge in [-0.3, -0.25) is 0 Å². The summed E-state index contributed by atoms with van der Waals surface area (Å²) in [4.78, 5) is 2.40. The van der Waals surface area contributed by atoms with Crippen LogP contribution in [0.2, 0.25) is 0 Å². The van der Waals surface area contributed by atoms with Crippen molar-refractivity contribution in [1.82, 2.24) is 10.2 Å². The number of rotatable bonds is 5. The average molecular weight is 200 g/mol. The Morgan fingerprint density at radius 3 is 2.57 bits per heavy atom. The van der Waals surface area contributed by atoms with E-state index in [-0.39, 0.29) is 0 Å². The molecule has 3 heteroatoms. The van der Waals surface area contributed by atoms with Crippen molar-refractivity contribution in [2.45, 2.75) is 26.2 Å². The number of nitrogens with one attached hydrogen (secondary N) is 1. The van der Waals surface area contributed by atoms with Crippen molar-refractivity contribution in [3.8, 4) is 0 Å². The number of aliphatic hydroxyl groups excluding tert-OH is 1. The van der Waals surface area contributed by atoms with Crippen molar-refractivity contribution in [2.75, 3.05) is 39.8 Å². The minimum Gasteiger partial charge on any atom is -0.396 e. The normalized spacial score (nSPS) is 22.5. The number of aliphatic hydroxyl groups is 1. The first-order valence-electron chi connectivity index (χ1n) is 5.66. The lowest BCUT2D eigenvalue weighted by Gasteiger charge is -2.38. The Hall–Kier alpha value is -0.120. The average Bonchev–Trinajstić information content (AvgIpc) is 2.18. The van der Waals surface area contributed by atoms with Gasteiger partial charge in [0.05, 0.1) is 0 Å². The van der Waals surface area contributed by atoms with Gasteiger partial charge in [-0.1, -0.05) is 6.92 Å². The van der Waals surface area contributed by atoms with E-state index in [0.717, 1.165) is 19.5 Å². The molecule has 0 unspecified atom stereocenters. The fraction of sp³-hybridized carbons (Fsp3) is 1.00. The summed E-state index contributed by atoms with van der Waals surface area (Å²) in [5.41, 5.74) is 0.474. The van der Waals surface area contributed by atoms with E-state index in [0.29, 0.717) is 12.0 Å². The molecule has 14 heavy (non-hydrogen) atoms. The van der Waals surface area contributed by atoms with Crippen LogP contribution < -0.4 is 5.32 Å². The van der Waals surface area contributed by atoms with Gasteiger partial charge in [0.15, 0.2) is 0 Å². The summed E-state index contributed by atoms with van der Waals surface area (Å²) in [6, 6.07) is 0. The molecule has 0 aromatic heterocycles. The molecule has 1 fully saturated rings. The summed E-state index contributed by atoms with van der Waals surface area (Å²) in [7, 11) is 2.19. The van der Waals surface area contributed by atoms with Crippen molar-refractivity contribution in [2.24, 2.45) is 5.41 Å². The molecule has 1 aliphatic heterocycles. The van der Waals surface area contributed by atoms with E-state index in [9.17, 15) is 0 Å². The van der Waals surface area contributed by atoms with Crippen LogP contribution in [-0.4, -0.2) is 49.8 Å². The molecule has 0 amide bonds. The molecular formula is C11H24N2O. The maximum Gasteiger partial charge on any atom is 0.0443 e. The van der Waals surface area contributed by atoms with E-state index in [1.807, 2.05) is 0 Å². The Kier molecular flexibility index (Phi) is 4.85. The second-order valence-electron chi connectivity index (χ2n) is 4.87. The van der Waals surface area contributed by atoms with Gasteiger partial charge in [-0.15, -0.1) is 0 Å². The Morgan fingerprint density at radius 2 is 2.00 bits per heavy atom. The van der Waals surface area contributed by atoms with Crippen LogP contribution in [0.25, 0.3) is 0 Å². The van der Waals surface area contributed by atoms with Crippen LogP contribution in [-0.2, 0) is 0 Å². The summed E-state index contributed by atoms with van der Waals surface area (Å²) in [5.74, 6) is 0. The van der Waals surface area contributed by atoms with Crippen LogP contribution in [0.15, 0.2) is 0 Å². The maximum atomic E-state index is 8.66. The van der Waals surface area contributed by atoms with Gasteiger partial charge in [-0.2, -0.15) is 0 Å². The Labute approximate surface area is 87.5 Å². The van der Waals surface area contributed by atoms with Gasteiger partial charge in [0.25, 0.3) is 0 Å². The van der Waals surface area contributed by atoms with Crippen LogP contribution in [0.1, 0.15) is 26.2 Å². The molecule has 3 nitrogen and oxygen atoms in total. The fourth-order valence-corrected chi connectivity index (χ4v) is 1.93. The van der Waals surface area contributed by atoms with Crippen LogP contribution in [0.5, 0.6) is 0 Å². The van der Waals surface area contributed by atoms with Gasteiger partial charge in [0, 0.05) is 13.2 Å². The molecule has 0 aliphatic carbocycles. The van der Waals surface area contributed by atoms with E-state index in [1.54, 1.807) is 0 Å². The minimum atomic E-state index is 0.298. The largest absolute Gasteiger partial charge is 0.396 e. The van der Waals surface area contributed by atoms with Gasteiger partial charge in [-0.05, 0) is 51.4 Å². The molecule has 0 bridgehead atoms. The predicted molar refractivity (Wildman–Crippen MR) is 59.4 cm³/mol. The summed E-state index contributed by atoms with van der Waals surface area (Å²) < 4.78 is 0. The van der Waals surface area contributed by atoms with Crippen molar-refractivity contribution >= 4 is 0 Å². The van der Waals surface area contributed by atoms with Gasteiger partial charge in [-0.25, -0.2) is 0 Å². The van der Waals surface area contributed by atoms with Crippen molar-refractivity contribution in [1.29, 1.82) is 0 Å². The third-order valence-electron chi connectivity index (χ3n) is 3.26. The number of hydrogen-bond donors (Lipinski definition) is 2. The second-order valence-corrected chi connectivity index (χ2v) is 4.87. The highest BCUT2D eigenvalue weighted by Gasteiger charge is 2.27. The summed E-state index contributed by atoms with van der Waals surface area (Å²) in [6.07, 6.45) is 3.45. The lowest BCUT2D eigenvalue weighted by atomic mass is 9.80. The third kappa shape index (κ3) is 3.95. The zero-order valence-electron chi connectivity index (χ0n) is 9.55. The van der Waals surface area contributed by atoms with E-state index < -0.39 is 0 Å². The van der Waals surface area contributed by atoms with Crippen molar-refractivity contribution in [3.63, 3.8) is 0 Å². The number of nitrogens with zero attached hydrogens (tertiary/aromatic N) is 1. The highest BCUT2D eigenvalue weighted by molar-refractivity contribution is 4.82. The molecule has 0 spiro atoms. The first kappa shape index (κ1) is 12.0. The first-order chi connectivity index (χ1) is 6.66. The van der Waals surface area contributed by atoms with Crippen LogP contribution in [0.3, 0.4) is 0 Å². The molecule has 0 radical (unpaired) electrons. The zero-order chi connectivity index (χ0) is 10.4. The summed E-state index contributed by atoms with van der Waals surface area (Å²) in [5, 5.41) is 12.1. The summed E-state index contributed by atoms with van der Waals surface area (Å²) >= 11 is 0. The molecule has 1 aliphatic rings. The molecule has 2 N–H and O–H groups in total. The standard InChI is InChI=1S/C11H24N2O/c1-11(10-12-6-3-9-14)4-7-13(2)8-5-11/h12,14H,3-10H2,1-2H3. The molecule has 0 atom stereocenters. The van der Waals surface area contributed by atoms with Gasteiger partial charge >= 0.3 is 0 Å². The molecule has 0 aromatic carbocycles. The first-order valence-corrected chi connectivity index (χ1v) is 5.66.